The minimum Gasteiger partial charge on any atom is -0.486 e. The molecule has 0 radical (unpaired) electrons. The van der Waals surface area contributed by atoms with Gasteiger partial charge < -0.3 is 14.8 Å². The molecule has 1 N–H and O–H groups in total. The van der Waals surface area contributed by atoms with Gasteiger partial charge in [-0.25, -0.2) is 4.39 Å². The summed E-state index contributed by atoms with van der Waals surface area (Å²) in [5, 5.41) is 3.31. The average Bonchev–Trinajstić information content (AvgIpc) is 2.40. The number of hydrogen-bond donors (Lipinski definition) is 1. The number of hydrogen-bond acceptors (Lipinski definition) is 3. The molecule has 0 atom stereocenters. The van der Waals surface area contributed by atoms with Gasteiger partial charge in [0.2, 0.25) is 0 Å². The van der Waals surface area contributed by atoms with Gasteiger partial charge in [0.05, 0.1) is 0 Å². The van der Waals surface area contributed by atoms with Crippen molar-refractivity contribution in [1.82, 2.24) is 5.32 Å². The quantitative estimate of drug-likeness (QED) is 0.811. The fraction of sp³-hybridized carbons (Fsp3) is 0.538. The summed E-state index contributed by atoms with van der Waals surface area (Å²) in [7, 11) is 0. The Morgan fingerprint density at radius 1 is 1.12 bits per heavy atom. The van der Waals surface area contributed by atoms with E-state index in [1.54, 1.807) is 6.07 Å². The second kappa shape index (κ2) is 4.53. The van der Waals surface area contributed by atoms with Gasteiger partial charge in [0.25, 0.3) is 0 Å². The number of fused-ring (bicyclic) bond motifs is 1. The summed E-state index contributed by atoms with van der Waals surface area (Å²) >= 11 is 0. The van der Waals surface area contributed by atoms with E-state index in [9.17, 15) is 4.39 Å². The van der Waals surface area contributed by atoms with E-state index in [0.717, 1.165) is 31.5 Å². The molecular weight excluding hydrogens is 221 g/mol. The van der Waals surface area contributed by atoms with Crippen molar-refractivity contribution < 1.29 is 13.9 Å². The first-order chi connectivity index (χ1) is 8.34. The van der Waals surface area contributed by atoms with Gasteiger partial charge in [0.1, 0.15) is 13.2 Å². The number of halogens is 1. The van der Waals surface area contributed by atoms with Crippen molar-refractivity contribution in [3.8, 4) is 11.5 Å². The Morgan fingerprint density at radius 2 is 1.88 bits per heavy atom. The lowest BCUT2D eigenvalue weighted by atomic mass is 9.90. The van der Waals surface area contributed by atoms with Gasteiger partial charge >= 0.3 is 0 Å². The summed E-state index contributed by atoms with van der Waals surface area (Å²) in [6.07, 6.45) is 2.11. The Hall–Kier alpha value is -1.29. The number of ether oxygens (including phenoxy) is 2. The summed E-state index contributed by atoms with van der Waals surface area (Å²) < 4.78 is 24.6. The normalized spacial score (nSPS) is 20.3. The smallest absolute Gasteiger partial charge is 0.197 e. The predicted octanol–water partition coefficient (Wildman–Crippen LogP) is 2.06. The minimum atomic E-state index is -0.296. The predicted molar refractivity (Wildman–Crippen MR) is 62.2 cm³/mol. The van der Waals surface area contributed by atoms with Crippen molar-refractivity contribution in [1.29, 1.82) is 0 Å². The molecule has 1 aromatic rings. The summed E-state index contributed by atoms with van der Waals surface area (Å²) in [4.78, 5) is 0. The van der Waals surface area contributed by atoms with E-state index in [-0.39, 0.29) is 11.6 Å². The van der Waals surface area contributed by atoms with Crippen LogP contribution < -0.4 is 14.8 Å². The Kier molecular flexibility index (Phi) is 2.89. The Bertz CT molecular complexity index is 416. The SMILES string of the molecule is Fc1cc(C2CCNCC2)cc2c1OCCO2. The first-order valence-electron chi connectivity index (χ1n) is 6.14. The molecular formula is C13H16FNO2. The first kappa shape index (κ1) is 10.8. The van der Waals surface area contributed by atoms with Crippen molar-refractivity contribution in [3.05, 3.63) is 23.5 Å². The maximum absolute atomic E-state index is 13.9. The molecule has 3 rings (SSSR count). The number of nitrogens with one attached hydrogen (secondary N) is 1. The van der Waals surface area contributed by atoms with Gasteiger partial charge in [-0.05, 0) is 49.5 Å². The third kappa shape index (κ3) is 2.09. The monoisotopic (exact) mass is 237 g/mol. The molecule has 4 heteroatoms. The lowest BCUT2D eigenvalue weighted by Gasteiger charge is -2.25. The second-order valence-electron chi connectivity index (χ2n) is 4.55. The van der Waals surface area contributed by atoms with Crippen LogP contribution in [-0.4, -0.2) is 26.3 Å². The van der Waals surface area contributed by atoms with Gasteiger partial charge in [0, 0.05) is 0 Å². The maximum Gasteiger partial charge on any atom is 0.197 e. The molecule has 0 bridgehead atoms. The van der Waals surface area contributed by atoms with Crippen LogP contribution in [0.1, 0.15) is 24.3 Å². The molecule has 0 aromatic heterocycles. The van der Waals surface area contributed by atoms with E-state index in [1.807, 2.05) is 6.07 Å². The van der Waals surface area contributed by atoms with Gasteiger partial charge in [-0.3, -0.25) is 0 Å². The largest absolute Gasteiger partial charge is 0.486 e. The van der Waals surface area contributed by atoms with Crippen LogP contribution in [0.25, 0.3) is 0 Å². The van der Waals surface area contributed by atoms with E-state index in [1.165, 1.54) is 0 Å². The standard InChI is InChI=1S/C13H16FNO2/c14-11-7-10(9-1-3-15-4-2-9)8-12-13(11)17-6-5-16-12/h7-9,15H,1-6H2. The van der Waals surface area contributed by atoms with Gasteiger partial charge in [-0.2, -0.15) is 0 Å². The van der Waals surface area contributed by atoms with Crippen LogP contribution in [0.5, 0.6) is 11.5 Å². The maximum atomic E-state index is 13.9. The fourth-order valence-corrected chi connectivity index (χ4v) is 2.52. The molecule has 2 aliphatic rings. The lowest BCUT2D eigenvalue weighted by Crippen LogP contribution is -2.27. The molecule has 2 aliphatic heterocycles. The highest BCUT2D eigenvalue weighted by atomic mass is 19.1. The topological polar surface area (TPSA) is 30.5 Å². The highest BCUT2D eigenvalue weighted by molar-refractivity contribution is 5.46. The molecule has 1 saturated heterocycles. The fourth-order valence-electron chi connectivity index (χ4n) is 2.52. The molecule has 0 spiro atoms. The van der Waals surface area contributed by atoms with Crippen LogP contribution in [-0.2, 0) is 0 Å². The zero-order valence-electron chi connectivity index (χ0n) is 9.67. The zero-order chi connectivity index (χ0) is 11.7. The summed E-state index contributed by atoms with van der Waals surface area (Å²) in [6, 6.07) is 3.54. The van der Waals surface area contributed by atoms with Crippen molar-refractivity contribution in [3.63, 3.8) is 0 Å². The molecule has 2 heterocycles. The molecule has 1 aromatic carbocycles. The van der Waals surface area contributed by atoms with Gasteiger partial charge in [-0.15, -0.1) is 0 Å². The van der Waals surface area contributed by atoms with Crippen molar-refractivity contribution >= 4 is 0 Å². The first-order valence-corrected chi connectivity index (χ1v) is 6.14. The molecule has 1 fully saturated rings. The second-order valence-corrected chi connectivity index (χ2v) is 4.55. The van der Waals surface area contributed by atoms with Crippen LogP contribution in [0.2, 0.25) is 0 Å². The van der Waals surface area contributed by atoms with E-state index in [0.29, 0.717) is 24.9 Å². The Balaban J connectivity index is 1.92. The van der Waals surface area contributed by atoms with Gasteiger partial charge in [-0.1, -0.05) is 0 Å². The van der Waals surface area contributed by atoms with Crippen LogP contribution in [0.3, 0.4) is 0 Å². The minimum absolute atomic E-state index is 0.272. The van der Waals surface area contributed by atoms with Crippen molar-refractivity contribution in [2.24, 2.45) is 0 Å². The molecule has 0 amide bonds. The van der Waals surface area contributed by atoms with Crippen LogP contribution in [0.15, 0.2) is 12.1 Å². The summed E-state index contributed by atoms with van der Waals surface area (Å²) in [5.74, 6) is 0.969. The number of piperidine rings is 1. The molecule has 0 aliphatic carbocycles. The third-order valence-corrected chi connectivity index (χ3v) is 3.43. The molecule has 0 saturated carbocycles. The van der Waals surface area contributed by atoms with E-state index in [4.69, 9.17) is 9.47 Å². The molecule has 92 valence electrons. The van der Waals surface area contributed by atoms with Gasteiger partial charge in [0.15, 0.2) is 17.3 Å². The average molecular weight is 237 g/mol. The number of rotatable bonds is 1. The highest BCUT2D eigenvalue weighted by Crippen LogP contribution is 2.37. The number of benzene rings is 1. The van der Waals surface area contributed by atoms with E-state index in [2.05, 4.69) is 5.32 Å². The van der Waals surface area contributed by atoms with Crippen LogP contribution in [0.4, 0.5) is 4.39 Å². The van der Waals surface area contributed by atoms with Crippen LogP contribution >= 0.6 is 0 Å². The van der Waals surface area contributed by atoms with Crippen molar-refractivity contribution in [2.45, 2.75) is 18.8 Å². The lowest BCUT2D eigenvalue weighted by molar-refractivity contribution is 0.164. The molecule has 0 unspecified atom stereocenters. The van der Waals surface area contributed by atoms with E-state index >= 15 is 0 Å². The highest BCUT2D eigenvalue weighted by Gasteiger charge is 2.22. The Labute approximate surface area is 99.9 Å². The van der Waals surface area contributed by atoms with Crippen molar-refractivity contribution in [2.75, 3.05) is 26.3 Å². The van der Waals surface area contributed by atoms with Crippen LogP contribution in [0, 0.1) is 5.82 Å². The third-order valence-electron chi connectivity index (χ3n) is 3.43. The Morgan fingerprint density at radius 3 is 2.71 bits per heavy atom. The molecule has 17 heavy (non-hydrogen) atoms. The summed E-state index contributed by atoms with van der Waals surface area (Å²) in [6.45, 7) is 2.93. The molecule has 3 nitrogen and oxygen atoms in total. The van der Waals surface area contributed by atoms with E-state index < -0.39 is 0 Å². The summed E-state index contributed by atoms with van der Waals surface area (Å²) in [5.41, 5.74) is 1.04. The zero-order valence-corrected chi connectivity index (χ0v) is 9.67.